The first-order valence-electron chi connectivity index (χ1n) is 9.71. The number of nitrogens with zero attached hydrogens (tertiary/aromatic N) is 4. The van der Waals surface area contributed by atoms with Gasteiger partial charge in [-0.25, -0.2) is 4.68 Å². The van der Waals surface area contributed by atoms with Crippen LogP contribution in [0.15, 0.2) is 30.3 Å². The highest BCUT2D eigenvalue weighted by Crippen LogP contribution is 2.46. The van der Waals surface area contributed by atoms with Gasteiger partial charge in [-0.3, -0.25) is 4.79 Å². The Morgan fingerprint density at radius 2 is 1.96 bits per heavy atom. The molecular weight excluding hydrogens is 342 g/mol. The molecule has 4 rings (SSSR count). The van der Waals surface area contributed by atoms with Crippen molar-refractivity contribution in [2.45, 2.75) is 32.2 Å². The Bertz CT molecular complexity index is 779. The van der Waals surface area contributed by atoms with E-state index in [1.807, 2.05) is 30.3 Å². The van der Waals surface area contributed by atoms with E-state index in [0.29, 0.717) is 19.0 Å². The van der Waals surface area contributed by atoms with Crippen molar-refractivity contribution in [1.82, 2.24) is 25.2 Å². The zero-order chi connectivity index (χ0) is 18.7. The number of carbonyl (C=O) groups is 1. The molecule has 0 bridgehead atoms. The fourth-order valence-electron chi connectivity index (χ4n) is 3.84. The first-order chi connectivity index (χ1) is 13.2. The number of nitrogens with one attached hydrogen (secondary N) is 1. The van der Waals surface area contributed by atoms with E-state index in [1.54, 1.807) is 11.8 Å². The summed E-state index contributed by atoms with van der Waals surface area (Å²) in [4.78, 5) is 15.2. The predicted octanol–water partition coefficient (Wildman–Crippen LogP) is 1.94. The molecule has 1 amide bonds. The summed E-state index contributed by atoms with van der Waals surface area (Å²) in [7, 11) is 1.55. The van der Waals surface area contributed by atoms with Crippen LogP contribution in [0.1, 0.15) is 41.7 Å². The fourth-order valence-corrected chi connectivity index (χ4v) is 3.84. The summed E-state index contributed by atoms with van der Waals surface area (Å²) < 4.78 is 7.06. The van der Waals surface area contributed by atoms with E-state index in [-0.39, 0.29) is 17.0 Å². The molecule has 7 heteroatoms. The second-order valence-electron chi connectivity index (χ2n) is 7.76. The van der Waals surface area contributed by atoms with Crippen molar-refractivity contribution in [1.29, 1.82) is 0 Å². The zero-order valence-electron chi connectivity index (χ0n) is 15.9. The van der Waals surface area contributed by atoms with Gasteiger partial charge in [0.15, 0.2) is 0 Å². The highest BCUT2D eigenvalue weighted by atomic mass is 16.5. The molecule has 27 heavy (non-hydrogen) atoms. The summed E-state index contributed by atoms with van der Waals surface area (Å²) in [6, 6.07) is 9.94. The van der Waals surface area contributed by atoms with E-state index in [1.165, 1.54) is 38.8 Å². The molecule has 1 aliphatic heterocycles. The first kappa shape index (κ1) is 18.0. The third-order valence-corrected chi connectivity index (χ3v) is 5.61. The number of likely N-dealkylation sites (tertiary alicyclic amines) is 1. The molecule has 0 atom stereocenters. The molecule has 0 radical (unpaired) electrons. The molecule has 0 unspecified atom stereocenters. The van der Waals surface area contributed by atoms with Gasteiger partial charge in [0.2, 0.25) is 11.6 Å². The van der Waals surface area contributed by atoms with Gasteiger partial charge in [0.05, 0.1) is 13.7 Å². The van der Waals surface area contributed by atoms with Crippen LogP contribution < -0.4 is 10.1 Å². The van der Waals surface area contributed by atoms with Gasteiger partial charge >= 0.3 is 0 Å². The second kappa shape index (κ2) is 7.68. The predicted molar refractivity (Wildman–Crippen MR) is 102 cm³/mol. The Labute approximate surface area is 159 Å². The van der Waals surface area contributed by atoms with E-state index in [4.69, 9.17) is 4.74 Å². The lowest BCUT2D eigenvalue weighted by molar-refractivity contribution is 0.0931. The number of ether oxygens (including phenoxy) is 1. The molecule has 2 fully saturated rings. The van der Waals surface area contributed by atoms with E-state index < -0.39 is 0 Å². The van der Waals surface area contributed by atoms with Crippen LogP contribution in [0.2, 0.25) is 0 Å². The summed E-state index contributed by atoms with van der Waals surface area (Å²) in [6.07, 6.45) is 4.96. The van der Waals surface area contributed by atoms with Crippen molar-refractivity contribution in [3.63, 3.8) is 0 Å². The SMILES string of the molecule is COc1c(C(=O)NCC2(CN3CCCC3)CC2)nnn1Cc1ccccc1. The van der Waals surface area contributed by atoms with Crippen LogP contribution in [0.5, 0.6) is 5.88 Å². The molecule has 1 aliphatic carbocycles. The molecule has 2 aromatic rings. The minimum Gasteiger partial charge on any atom is -0.479 e. The van der Waals surface area contributed by atoms with Crippen molar-refractivity contribution >= 4 is 5.91 Å². The third-order valence-electron chi connectivity index (χ3n) is 5.61. The maximum atomic E-state index is 12.7. The van der Waals surface area contributed by atoms with Gasteiger partial charge in [-0.1, -0.05) is 35.5 Å². The Kier molecular flexibility index (Phi) is 5.11. The first-order valence-corrected chi connectivity index (χ1v) is 9.71. The molecule has 1 saturated carbocycles. The van der Waals surface area contributed by atoms with Crippen molar-refractivity contribution in [3.05, 3.63) is 41.6 Å². The molecule has 2 aliphatic rings. The Morgan fingerprint density at radius 3 is 2.63 bits per heavy atom. The van der Waals surface area contributed by atoms with Gasteiger partial charge in [0, 0.05) is 18.5 Å². The minimum absolute atomic E-state index is 0.209. The summed E-state index contributed by atoms with van der Waals surface area (Å²) in [5.41, 5.74) is 1.58. The number of hydrogen-bond donors (Lipinski definition) is 1. The van der Waals surface area contributed by atoms with Crippen LogP contribution in [0, 0.1) is 5.41 Å². The average molecular weight is 369 g/mol. The lowest BCUT2D eigenvalue weighted by Crippen LogP contribution is -2.37. The van der Waals surface area contributed by atoms with Crippen LogP contribution in [0.25, 0.3) is 0 Å². The number of amides is 1. The van der Waals surface area contributed by atoms with Crippen LogP contribution in [-0.2, 0) is 6.54 Å². The third kappa shape index (κ3) is 4.13. The van der Waals surface area contributed by atoms with E-state index in [2.05, 4.69) is 20.5 Å². The monoisotopic (exact) mass is 369 g/mol. The van der Waals surface area contributed by atoms with Gasteiger partial charge in [0.1, 0.15) is 0 Å². The molecule has 144 valence electrons. The lowest BCUT2D eigenvalue weighted by atomic mass is 10.1. The van der Waals surface area contributed by atoms with Crippen molar-refractivity contribution in [3.8, 4) is 5.88 Å². The Morgan fingerprint density at radius 1 is 1.22 bits per heavy atom. The van der Waals surface area contributed by atoms with Crippen molar-refractivity contribution in [2.24, 2.45) is 5.41 Å². The molecule has 1 aromatic heterocycles. The molecule has 1 saturated heterocycles. The number of hydrogen-bond acceptors (Lipinski definition) is 5. The van der Waals surface area contributed by atoms with Gasteiger partial charge in [0.25, 0.3) is 5.91 Å². The molecule has 1 N–H and O–H groups in total. The quantitative estimate of drug-likeness (QED) is 0.770. The van der Waals surface area contributed by atoms with Crippen molar-refractivity contribution in [2.75, 3.05) is 33.3 Å². The highest BCUT2D eigenvalue weighted by Gasteiger charge is 2.44. The largest absolute Gasteiger partial charge is 0.479 e. The average Bonchev–Trinajstić information content (AvgIpc) is 3.06. The second-order valence-corrected chi connectivity index (χ2v) is 7.76. The molecular formula is C20H27N5O2. The van der Waals surface area contributed by atoms with Crippen molar-refractivity contribution < 1.29 is 9.53 Å². The van der Waals surface area contributed by atoms with Gasteiger partial charge in [-0.2, -0.15) is 0 Å². The molecule has 1 aromatic carbocycles. The summed E-state index contributed by atoms with van der Waals surface area (Å²) in [5.74, 6) is 0.194. The highest BCUT2D eigenvalue weighted by molar-refractivity contribution is 5.94. The van der Waals surface area contributed by atoms with Crippen LogP contribution in [0.3, 0.4) is 0 Å². The smallest absolute Gasteiger partial charge is 0.277 e. The number of rotatable bonds is 8. The summed E-state index contributed by atoms with van der Waals surface area (Å²) >= 11 is 0. The van der Waals surface area contributed by atoms with Gasteiger partial charge in [-0.05, 0) is 44.3 Å². The van der Waals surface area contributed by atoms with Gasteiger partial charge in [-0.15, -0.1) is 5.10 Å². The topological polar surface area (TPSA) is 72.3 Å². The molecule has 7 nitrogen and oxygen atoms in total. The minimum atomic E-state index is -0.209. The Hall–Kier alpha value is -2.41. The van der Waals surface area contributed by atoms with Crippen LogP contribution >= 0.6 is 0 Å². The number of benzene rings is 1. The number of aromatic nitrogens is 3. The molecule has 2 heterocycles. The number of methoxy groups -OCH3 is 1. The van der Waals surface area contributed by atoms with E-state index >= 15 is 0 Å². The molecule has 0 spiro atoms. The Balaban J connectivity index is 1.38. The van der Waals surface area contributed by atoms with Crippen LogP contribution in [-0.4, -0.2) is 59.1 Å². The number of carbonyl (C=O) groups excluding carboxylic acids is 1. The maximum absolute atomic E-state index is 12.7. The summed E-state index contributed by atoms with van der Waals surface area (Å²) in [6.45, 7) is 4.68. The maximum Gasteiger partial charge on any atom is 0.277 e. The summed E-state index contributed by atoms with van der Waals surface area (Å²) in [5, 5.41) is 11.3. The zero-order valence-corrected chi connectivity index (χ0v) is 15.9. The lowest BCUT2D eigenvalue weighted by Gasteiger charge is -2.23. The van der Waals surface area contributed by atoms with E-state index in [9.17, 15) is 4.79 Å². The fraction of sp³-hybridized carbons (Fsp3) is 0.550. The standard InChI is InChI=1S/C20H27N5O2/c1-27-19-17(22-23-25(19)13-16-7-3-2-4-8-16)18(26)21-14-20(9-10-20)15-24-11-5-6-12-24/h2-4,7-8H,5-6,9-15H2,1H3,(H,21,26). The van der Waals surface area contributed by atoms with Gasteiger partial charge < -0.3 is 15.0 Å². The van der Waals surface area contributed by atoms with Crippen LogP contribution in [0.4, 0.5) is 0 Å². The normalized spacial score (nSPS) is 18.4. The van der Waals surface area contributed by atoms with E-state index in [0.717, 1.165) is 12.1 Å².